The normalized spacial score (nSPS) is 15.0. The number of methoxy groups -OCH3 is 2. The quantitative estimate of drug-likeness (QED) is 0.627. The van der Waals surface area contributed by atoms with E-state index >= 15 is 0 Å². The van der Waals surface area contributed by atoms with Crippen molar-refractivity contribution in [1.82, 2.24) is 25.3 Å². The minimum Gasteiger partial charge on any atom is -0.497 e. The van der Waals surface area contributed by atoms with Crippen molar-refractivity contribution in [2.24, 2.45) is 0 Å². The Kier molecular flexibility index (Phi) is 4.54. The Bertz CT molecular complexity index is 905. The van der Waals surface area contributed by atoms with Gasteiger partial charge >= 0.3 is 0 Å². The Morgan fingerprint density at radius 3 is 2.81 bits per heavy atom. The van der Waals surface area contributed by atoms with Gasteiger partial charge in [0.15, 0.2) is 11.6 Å². The Balaban J connectivity index is 1.50. The molecule has 0 spiro atoms. The average Bonchev–Trinajstić information content (AvgIpc) is 3.21. The molecule has 1 fully saturated rings. The van der Waals surface area contributed by atoms with Gasteiger partial charge in [0, 0.05) is 12.0 Å². The lowest BCUT2D eigenvalue weighted by Gasteiger charge is -2.07. The maximum Gasteiger partial charge on any atom is 0.239 e. The van der Waals surface area contributed by atoms with E-state index < -0.39 is 0 Å². The first kappa shape index (κ1) is 16.9. The number of rotatable bonds is 7. The van der Waals surface area contributed by atoms with Crippen LogP contribution in [-0.4, -0.2) is 39.5 Å². The number of hydrogen-bond donors (Lipinski definition) is 1. The summed E-state index contributed by atoms with van der Waals surface area (Å²) in [6.45, 7) is 2.00. The molecule has 26 heavy (non-hydrogen) atoms. The number of ether oxygens (including phenoxy) is 2. The second-order valence-electron chi connectivity index (χ2n) is 6.06. The topological polar surface area (TPSA) is 99.0 Å². The van der Waals surface area contributed by atoms with Crippen LogP contribution in [-0.2, 0) is 0 Å². The lowest BCUT2D eigenvalue weighted by atomic mass is 10.2. The minimum atomic E-state index is -0.0311. The smallest absolute Gasteiger partial charge is 0.239 e. The zero-order valence-corrected chi connectivity index (χ0v) is 15.5. The number of hydrogen-bond acceptors (Lipinski definition) is 8. The molecule has 9 heteroatoms. The summed E-state index contributed by atoms with van der Waals surface area (Å²) in [5.74, 6) is 3.90. The summed E-state index contributed by atoms with van der Waals surface area (Å²) in [4.78, 5) is 9.03. The fraction of sp³-hybridized carbons (Fsp3) is 0.412. The molecule has 1 aliphatic rings. The van der Waals surface area contributed by atoms with Gasteiger partial charge in [-0.15, -0.1) is 5.10 Å². The highest BCUT2D eigenvalue weighted by Crippen LogP contribution is 2.40. The van der Waals surface area contributed by atoms with Gasteiger partial charge in [-0.1, -0.05) is 16.9 Å². The third-order valence-electron chi connectivity index (χ3n) is 4.16. The maximum absolute atomic E-state index is 5.43. The monoisotopic (exact) mass is 373 g/mol. The summed E-state index contributed by atoms with van der Waals surface area (Å²) in [5.41, 5.74) is 0.814. The minimum absolute atomic E-state index is 0.0311. The van der Waals surface area contributed by atoms with E-state index in [4.69, 9.17) is 14.0 Å². The molecule has 0 saturated heterocycles. The van der Waals surface area contributed by atoms with Crippen LogP contribution in [0.2, 0.25) is 0 Å². The van der Waals surface area contributed by atoms with Gasteiger partial charge < -0.3 is 14.0 Å². The van der Waals surface area contributed by atoms with Gasteiger partial charge in [0.1, 0.15) is 11.5 Å². The highest BCUT2D eigenvalue weighted by Gasteiger charge is 2.30. The third-order valence-corrected chi connectivity index (χ3v) is 5.11. The predicted molar refractivity (Wildman–Crippen MR) is 95.5 cm³/mol. The molecule has 0 aliphatic heterocycles. The highest BCUT2D eigenvalue weighted by molar-refractivity contribution is 7.99. The summed E-state index contributed by atoms with van der Waals surface area (Å²) in [5, 5.41) is 11.9. The van der Waals surface area contributed by atoms with E-state index in [1.165, 1.54) is 11.8 Å². The zero-order valence-electron chi connectivity index (χ0n) is 14.7. The number of aromatic nitrogens is 5. The van der Waals surface area contributed by atoms with E-state index in [0.717, 1.165) is 30.0 Å². The largest absolute Gasteiger partial charge is 0.497 e. The van der Waals surface area contributed by atoms with Gasteiger partial charge in [-0.25, -0.2) is 4.98 Å². The van der Waals surface area contributed by atoms with Crippen LogP contribution in [0.15, 0.2) is 27.9 Å². The van der Waals surface area contributed by atoms with Crippen LogP contribution in [0.1, 0.15) is 42.6 Å². The van der Waals surface area contributed by atoms with Crippen LogP contribution in [0.3, 0.4) is 0 Å². The lowest BCUT2D eigenvalue weighted by molar-refractivity contribution is 0.375. The summed E-state index contributed by atoms with van der Waals surface area (Å²) < 4.78 is 16.0. The number of thioether (sulfide) groups is 1. The summed E-state index contributed by atoms with van der Waals surface area (Å²) in [6.07, 6.45) is 2.29. The molecule has 0 amide bonds. The molecule has 1 aromatic carbocycles. The van der Waals surface area contributed by atoms with Crippen molar-refractivity contribution < 1.29 is 14.0 Å². The van der Waals surface area contributed by atoms with Crippen molar-refractivity contribution in [2.75, 3.05) is 14.2 Å². The van der Waals surface area contributed by atoms with Crippen LogP contribution >= 0.6 is 11.8 Å². The van der Waals surface area contributed by atoms with E-state index in [-0.39, 0.29) is 5.25 Å². The number of nitrogens with one attached hydrogen (secondary N) is 1. The Morgan fingerprint density at radius 2 is 2.08 bits per heavy atom. The second kappa shape index (κ2) is 6.99. The number of H-pyrrole nitrogens is 1. The standard InChI is InChI=1S/C17H19N5O3S/c1-9(16-18-14(22-25-16)10-4-5-10)26-17-19-15(20-21-17)12-7-6-11(23-2)8-13(12)24-3/h6-10H,4-5H2,1-3H3,(H,19,20,21). The molecule has 4 rings (SSSR count). The molecule has 8 nitrogen and oxygen atoms in total. The molecule has 1 saturated carbocycles. The van der Waals surface area contributed by atoms with Crippen molar-refractivity contribution in [3.63, 3.8) is 0 Å². The first-order chi connectivity index (χ1) is 12.7. The molecule has 3 aromatic rings. The summed E-state index contributed by atoms with van der Waals surface area (Å²) in [7, 11) is 3.23. The number of nitrogens with zero attached hydrogens (tertiary/aromatic N) is 4. The first-order valence-corrected chi connectivity index (χ1v) is 9.21. The Hall–Kier alpha value is -2.55. The molecule has 1 unspecified atom stereocenters. The molecular formula is C17H19N5O3S. The van der Waals surface area contributed by atoms with Crippen LogP contribution < -0.4 is 9.47 Å². The molecule has 136 valence electrons. The van der Waals surface area contributed by atoms with Gasteiger partial charge in [0.05, 0.1) is 25.0 Å². The van der Waals surface area contributed by atoms with Crippen LogP contribution in [0.25, 0.3) is 11.4 Å². The summed E-state index contributed by atoms with van der Waals surface area (Å²) in [6, 6.07) is 5.55. The van der Waals surface area contributed by atoms with Crippen molar-refractivity contribution in [2.45, 2.75) is 36.1 Å². The van der Waals surface area contributed by atoms with Gasteiger partial charge in [-0.3, -0.25) is 5.10 Å². The van der Waals surface area contributed by atoms with Crippen LogP contribution in [0.5, 0.6) is 11.5 Å². The second-order valence-corrected chi connectivity index (χ2v) is 7.37. The maximum atomic E-state index is 5.43. The lowest BCUT2D eigenvalue weighted by Crippen LogP contribution is -1.92. The van der Waals surface area contributed by atoms with Crippen molar-refractivity contribution in [3.05, 3.63) is 29.9 Å². The summed E-state index contributed by atoms with van der Waals surface area (Å²) >= 11 is 1.46. The van der Waals surface area contributed by atoms with E-state index in [0.29, 0.717) is 28.5 Å². The molecule has 1 aliphatic carbocycles. The molecule has 2 heterocycles. The van der Waals surface area contributed by atoms with E-state index in [9.17, 15) is 0 Å². The van der Waals surface area contributed by atoms with Gasteiger partial charge in [0.2, 0.25) is 11.0 Å². The number of benzene rings is 1. The zero-order chi connectivity index (χ0) is 18.1. The molecule has 0 radical (unpaired) electrons. The predicted octanol–water partition coefficient (Wildman–Crippen LogP) is 3.60. The number of aromatic amines is 1. The van der Waals surface area contributed by atoms with E-state index in [2.05, 4.69) is 25.3 Å². The van der Waals surface area contributed by atoms with Gasteiger partial charge in [0.25, 0.3) is 0 Å². The van der Waals surface area contributed by atoms with Crippen molar-refractivity contribution >= 4 is 11.8 Å². The molecule has 1 N–H and O–H groups in total. The fourth-order valence-corrected chi connectivity index (χ4v) is 3.30. The average molecular weight is 373 g/mol. The SMILES string of the molecule is COc1ccc(-c2nc(SC(C)c3nc(C4CC4)no3)n[nH]2)c(OC)c1. The molecule has 0 bridgehead atoms. The van der Waals surface area contributed by atoms with E-state index in [1.807, 2.05) is 25.1 Å². The van der Waals surface area contributed by atoms with Gasteiger partial charge in [-0.05, 0) is 31.9 Å². The molecular weight excluding hydrogens is 354 g/mol. The van der Waals surface area contributed by atoms with E-state index in [1.54, 1.807) is 14.2 Å². The van der Waals surface area contributed by atoms with Crippen molar-refractivity contribution in [1.29, 1.82) is 0 Å². The van der Waals surface area contributed by atoms with Crippen LogP contribution in [0, 0.1) is 0 Å². The van der Waals surface area contributed by atoms with Crippen LogP contribution in [0.4, 0.5) is 0 Å². The van der Waals surface area contributed by atoms with Gasteiger partial charge in [-0.2, -0.15) is 4.98 Å². The third kappa shape index (κ3) is 3.39. The fourth-order valence-electron chi connectivity index (χ4n) is 2.54. The first-order valence-electron chi connectivity index (χ1n) is 8.33. The Morgan fingerprint density at radius 1 is 1.23 bits per heavy atom. The molecule has 2 aromatic heterocycles. The highest BCUT2D eigenvalue weighted by atomic mass is 32.2. The Labute approximate surface area is 154 Å². The van der Waals surface area contributed by atoms with Crippen molar-refractivity contribution in [3.8, 4) is 22.9 Å². The molecule has 1 atom stereocenters.